The Balaban J connectivity index is 2.11. The fraction of sp³-hybridized carbons (Fsp3) is 0.417. The van der Waals surface area contributed by atoms with Crippen LogP contribution >= 0.6 is 0 Å². The minimum absolute atomic E-state index is 0.372. The normalized spacial score (nSPS) is 15.8. The third-order valence-corrected chi connectivity index (χ3v) is 3.25. The van der Waals surface area contributed by atoms with Gasteiger partial charge in [0, 0.05) is 12.1 Å². The van der Waals surface area contributed by atoms with Crippen molar-refractivity contribution in [2.75, 3.05) is 7.11 Å². The van der Waals surface area contributed by atoms with Crippen LogP contribution in [0.5, 0.6) is 0 Å². The molecule has 0 aromatic carbocycles. The Morgan fingerprint density at radius 1 is 1.53 bits per heavy atom. The second-order valence-corrected chi connectivity index (χ2v) is 4.28. The number of pyridine rings is 1. The lowest BCUT2D eigenvalue weighted by Gasteiger charge is -2.21. The Labute approximate surface area is 98.4 Å². The van der Waals surface area contributed by atoms with E-state index in [-0.39, 0.29) is 5.97 Å². The largest absolute Gasteiger partial charge is 0.465 e. The first kappa shape index (κ1) is 10.3. The molecule has 1 saturated carbocycles. The van der Waals surface area contributed by atoms with E-state index in [1.54, 1.807) is 22.8 Å². The van der Waals surface area contributed by atoms with Gasteiger partial charge in [0.05, 0.1) is 7.11 Å². The van der Waals surface area contributed by atoms with Crippen molar-refractivity contribution in [1.29, 1.82) is 0 Å². The molecular weight excluding hydrogens is 218 g/mol. The van der Waals surface area contributed by atoms with Crippen molar-refractivity contribution in [3.05, 3.63) is 29.7 Å². The van der Waals surface area contributed by atoms with Crippen LogP contribution in [0.1, 0.15) is 41.4 Å². The Bertz CT molecular complexity index is 572. The fourth-order valence-electron chi connectivity index (χ4n) is 2.03. The van der Waals surface area contributed by atoms with Crippen molar-refractivity contribution in [2.24, 2.45) is 0 Å². The second-order valence-electron chi connectivity index (χ2n) is 4.28. The number of carbonyl (C=O) groups is 1. The SMILES string of the molecule is COC(=O)c1cccn2nc(C3CCC3)nc12. The number of hydrogen-bond donors (Lipinski definition) is 0. The molecule has 0 saturated heterocycles. The maximum absolute atomic E-state index is 11.6. The number of carbonyl (C=O) groups excluding carboxylic acids is 1. The maximum Gasteiger partial charge on any atom is 0.341 e. The number of ether oxygens (including phenoxy) is 1. The standard InChI is InChI=1S/C12H13N3O2/c1-17-12(16)9-6-3-7-15-11(9)13-10(14-15)8-4-2-5-8/h3,6-8H,2,4-5H2,1H3. The van der Waals surface area contributed by atoms with Gasteiger partial charge in [-0.1, -0.05) is 6.42 Å². The van der Waals surface area contributed by atoms with Crippen molar-refractivity contribution in [2.45, 2.75) is 25.2 Å². The van der Waals surface area contributed by atoms with E-state index in [1.807, 2.05) is 0 Å². The minimum atomic E-state index is -0.372. The van der Waals surface area contributed by atoms with Crippen molar-refractivity contribution < 1.29 is 9.53 Å². The summed E-state index contributed by atoms with van der Waals surface area (Å²) < 4.78 is 6.39. The quantitative estimate of drug-likeness (QED) is 0.739. The molecule has 0 spiro atoms. The Kier molecular flexibility index (Phi) is 2.31. The highest BCUT2D eigenvalue weighted by Gasteiger charge is 2.25. The highest BCUT2D eigenvalue weighted by atomic mass is 16.5. The van der Waals surface area contributed by atoms with E-state index in [2.05, 4.69) is 10.1 Å². The molecule has 0 bridgehead atoms. The van der Waals surface area contributed by atoms with Crippen LogP contribution in [0.15, 0.2) is 18.3 Å². The molecule has 17 heavy (non-hydrogen) atoms. The minimum Gasteiger partial charge on any atom is -0.465 e. The molecule has 0 unspecified atom stereocenters. The van der Waals surface area contributed by atoms with Crippen LogP contribution in [0.25, 0.3) is 5.65 Å². The van der Waals surface area contributed by atoms with E-state index in [1.165, 1.54) is 13.5 Å². The Morgan fingerprint density at radius 3 is 3.00 bits per heavy atom. The zero-order valence-corrected chi connectivity index (χ0v) is 9.59. The molecule has 1 aliphatic rings. The summed E-state index contributed by atoms with van der Waals surface area (Å²) in [5, 5.41) is 4.41. The zero-order valence-electron chi connectivity index (χ0n) is 9.59. The average molecular weight is 231 g/mol. The molecule has 2 aromatic heterocycles. The van der Waals surface area contributed by atoms with E-state index in [9.17, 15) is 4.79 Å². The lowest BCUT2D eigenvalue weighted by atomic mass is 9.85. The van der Waals surface area contributed by atoms with E-state index >= 15 is 0 Å². The highest BCUT2D eigenvalue weighted by Crippen LogP contribution is 2.34. The smallest absolute Gasteiger partial charge is 0.341 e. The highest BCUT2D eigenvalue weighted by molar-refractivity contribution is 5.95. The van der Waals surface area contributed by atoms with Crippen molar-refractivity contribution in [3.8, 4) is 0 Å². The number of esters is 1. The fourth-order valence-corrected chi connectivity index (χ4v) is 2.03. The molecule has 0 amide bonds. The van der Waals surface area contributed by atoms with Gasteiger partial charge >= 0.3 is 5.97 Å². The van der Waals surface area contributed by atoms with Crippen molar-refractivity contribution >= 4 is 11.6 Å². The topological polar surface area (TPSA) is 56.5 Å². The zero-order chi connectivity index (χ0) is 11.8. The summed E-state index contributed by atoms with van der Waals surface area (Å²) in [6.45, 7) is 0. The van der Waals surface area contributed by atoms with Crippen LogP contribution in [0.2, 0.25) is 0 Å². The van der Waals surface area contributed by atoms with E-state index in [4.69, 9.17) is 4.74 Å². The molecule has 1 aliphatic carbocycles. The first-order valence-corrected chi connectivity index (χ1v) is 5.73. The van der Waals surface area contributed by atoms with Gasteiger partial charge < -0.3 is 4.74 Å². The van der Waals surface area contributed by atoms with Crippen molar-refractivity contribution in [1.82, 2.24) is 14.6 Å². The lowest BCUT2D eigenvalue weighted by Crippen LogP contribution is -2.10. The maximum atomic E-state index is 11.6. The van der Waals surface area contributed by atoms with Crippen LogP contribution in [-0.4, -0.2) is 27.7 Å². The average Bonchev–Trinajstić information content (AvgIpc) is 2.68. The van der Waals surface area contributed by atoms with Crippen LogP contribution in [-0.2, 0) is 4.74 Å². The van der Waals surface area contributed by atoms with Gasteiger partial charge in [-0.3, -0.25) is 0 Å². The monoisotopic (exact) mass is 231 g/mol. The third-order valence-electron chi connectivity index (χ3n) is 3.25. The summed E-state index contributed by atoms with van der Waals surface area (Å²) in [4.78, 5) is 16.0. The van der Waals surface area contributed by atoms with Gasteiger partial charge in [0.1, 0.15) is 5.56 Å². The summed E-state index contributed by atoms with van der Waals surface area (Å²) in [6, 6.07) is 3.49. The van der Waals surface area contributed by atoms with E-state index in [0.29, 0.717) is 17.1 Å². The van der Waals surface area contributed by atoms with Gasteiger partial charge in [-0.25, -0.2) is 14.3 Å². The third kappa shape index (κ3) is 1.58. The molecule has 0 aliphatic heterocycles. The number of methoxy groups -OCH3 is 1. The molecule has 0 atom stereocenters. The summed E-state index contributed by atoms with van der Waals surface area (Å²) in [5.74, 6) is 0.927. The summed E-state index contributed by atoms with van der Waals surface area (Å²) in [6.07, 6.45) is 5.33. The van der Waals surface area contributed by atoms with Crippen LogP contribution in [0.3, 0.4) is 0 Å². The molecule has 1 fully saturated rings. The first-order chi connectivity index (χ1) is 8.29. The van der Waals surface area contributed by atoms with E-state index < -0.39 is 0 Å². The summed E-state index contributed by atoms with van der Waals surface area (Å²) in [5.41, 5.74) is 1.05. The van der Waals surface area contributed by atoms with Gasteiger partial charge in [-0.2, -0.15) is 5.10 Å². The van der Waals surface area contributed by atoms with Crippen LogP contribution in [0, 0.1) is 0 Å². The molecular formula is C12H13N3O2. The molecule has 5 nitrogen and oxygen atoms in total. The number of aromatic nitrogens is 3. The van der Waals surface area contributed by atoms with Gasteiger partial charge in [0.25, 0.3) is 0 Å². The van der Waals surface area contributed by atoms with Gasteiger partial charge in [0.2, 0.25) is 0 Å². The molecule has 3 rings (SSSR count). The molecule has 2 heterocycles. The predicted octanol–water partition coefficient (Wildman–Crippen LogP) is 1.78. The van der Waals surface area contributed by atoms with E-state index in [0.717, 1.165) is 18.7 Å². The number of hydrogen-bond acceptors (Lipinski definition) is 4. The summed E-state index contributed by atoms with van der Waals surface area (Å²) >= 11 is 0. The van der Waals surface area contributed by atoms with Crippen LogP contribution < -0.4 is 0 Å². The number of nitrogens with zero attached hydrogens (tertiary/aromatic N) is 3. The van der Waals surface area contributed by atoms with Gasteiger partial charge in [-0.05, 0) is 25.0 Å². The van der Waals surface area contributed by atoms with Crippen LogP contribution in [0.4, 0.5) is 0 Å². The second kappa shape index (κ2) is 3.84. The van der Waals surface area contributed by atoms with Gasteiger partial charge in [0.15, 0.2) is 11.5 Å². The van der Waals surface area contributed by atoms with Crippen molar-refractivity contribution in [3.63, 3.8) is 0 Å². The number of rotatable bonds is 2. The molecule has 2 aromatic rings. The number of fused-ring (bicyclic) bond motifs is 1. The summed E-state index contributed by atoms with van der Waals surface area (Å²) in [7, 11) is 1.37. The predicted molar refractivity (Wildman–Crippen MR) is 60.9 cm³/mol. The molecule has 88 valence electrons. The molecule has 5 heteroatoms. The van der Waals surface area contributed by atoms with Gasteiger partial charge in [-0.15, -0.1) is 0 Å². The lowest BCUT2D eigenvalue weighted by molar-refractivity contribution is 0.0602. The Morgan fingerprint density at radius 2 is 2.35 bits per heavy atom. The first-order valence-electron chi connectivity index (χ1n) is 5.73. The molecule has 0 radical (unpaired) electrons. The molecule has 0 N–H and O–H groups in total. The Hall–Kier alpha value is -1.91.